The van der Waals surface area contributed by atoms with Crippen molar-refractivity contribution < 1.29 is 9.53 Å². The van der Waals surface area contributed by atoms with Crippen LogP contribution in [0.5, 0.6) is 0 Å². The van der Waals surface area contributed by atoms with Gasteiger partial charge in [0.05, 0.1) is 0 Å². The van der Waals surface area contributed by atoms with Gasteiger partial charge in [0.15, 0.2) is 0 Å². The largest absolute Gasteiger partial charge is 0.441 e. The lowest BCUT2D eigenvalue weighted by Crippen LogP contribution is -2.17. The van der Waals surface area contributed by atoms with Gasteiger partial charge in [0.25, 0.3) is 0 Å². The van der Waals surface area contributed by atoms with E-state index in [4.69, 9.17) is 33.7 Å². The van der Waals surface area contributed by atoms with Crippen molar-refractivity contribution in [2.45, 2.75) is 25.9 Å². The predicted octanol–water partition coefficient (Wildman–Crippen LogP) is 3.93. The maximum absolute atomic E-state index is 10.8. The maximum Gasteiger partial charge on any atom is 0.405 e. The Morgan fingerprint density at radius 2 is 2.19 bits per heavy atom. The second kappa shape index (κ2) is 5.97. The summed E-state index contributed by atoms with van der Waals surface area (Å²) in [6.45, 7) is 1.99. The molecule has 5 heteroatoms. The first kappa shape index (κ1) is 13.1. The minimum atomic E-state index is -0.801. The van der Waals surface area contributed by atoms with Crippen molar-refractivity contribution in [1.82, 2.24) is 0 Å². The van der Waals surface area contributed by atoms with Gasteiger partial charge in [-0.3, -0.25) is 0 Å². The van der Waals surface area contributed by atoms with Gasteiger partial charge in [-0.25, -0.2) is 4.79 Å². The Hall–Kier alpha value is -0.930. The molecule has 0 spiro atoms. The fraction of sp³-hybridized carbons (Fsp3) is 0.364. The molecule has 16 heavy (non-hydrogen) atoms. The van der Waals surface area contributed by atoms with Gasteiger partial charge in [-0.05, 0) is 18.6 Å². The van der Waals surface area contributed by atoms with Crippen molar-refractivity contribution in [3.05, 3.63) is 33.8 Å². The lowest BCUT2D eigenvalue weighted by Gasteiger charge is -2.17. The number of carbonyl (C=O) groups excluding carboxylic acids is 1. The molecule has 0 unspecified atom stereocenters. The predicted molar refractivity (Wildman–Crippen MR) is 64.8 cm³/mol. The normalized spacial score (nSPS) is 12.2. The van der Waals surface area contributed by atoms with E-state index < -0.39 is 12.2 Å². The van der Waals surface area contributed by atoms with Crippen LogP contribution in [-0.2, 0) is 4.74 Å². The lowest BCUT2D eigenvalue weighted by molar-refractivity contribution is 0.101. The highest BCUT2D eigenvalue weighted by Crippen LogP contribution is 2.31. The summed E-state index contributed by atoms with van der Waals surface area (Å²) in [4.78, 5) is 10.8. The zero-order chi connectivity index (χ0) is 12.1. The Morgan fingerprint density at radius 1 is 1.50 bits per heavy atom. The molecule has 1 rings (SSSR count). The number of rotatable bonds is 4. The highest BCUT2D eigenvalue weighted by Gasteiger charge is 2.17. The standard InChI is InChI=1S/C11H13Cl2NO2/c1-2-3-10(16-11(14)15)8-5-4-7(12)6-9(8)13/h4-6,10H,2-3H2,1H3,(H2,14,15)/t10-/m1/s1. The number of benzene rings is 1. The van der Waals surface area contributed by atoms with Crippen LogP contribution < -0.4 is 5.73 Å². The maximum atomic E-state index is 10.8. The van der Waals surface area contributed by atoms with Crippen LogP contribution in [0.3, 0.4) is 0 Å². The third-order valence-corrected chi connectivity index (χ3v) is 2.68. The molecule has 0 heterocycles. The van der Waals surface area contributed by atoms with E-state index in [1.807, 2.05) is 6.92 Å². The summed E-state index contributed by atoms with van der Waals surface area (Å²) in [5.74, 6) is 0. The Morgan fingerprint density at radius 3 is 2.69 bits per heavy atom. The summed E-state index contributed by atoms with van der Waals surface area (Å²) in [5, 5.41) is 1.02. The number of primary amides is 1. The Labute approximate surface area is 104 Å². The van der Waals surface area contributed by atoms with Crippen molar-refractivity contribution in [3.63, 3.8) is 0 Å². The van der Waals surface area contributed by atoms with Crippen molar-refractivity contribution in [3.8, 4) is 0 Å². The Kier molecular flexibility index (Phi) is 4.90. The van der Waals surface area contributed by atoms with Gasteiger partial charge in [0.2, 0.25) is 0 Å². The van der Waals surface area contributed by atoms with Crippen LogP contribution in [-0.4, -0.2) is 6.09 Å². The molecule has 0 aliphatic carbocycles. The third-order valence-electron chi connectivity index (χ3n) is 2.12. The molecule has 0 aromatic heterocycles. The second-order valence-corrected chi connectivity index (χ2v) is 4.22. The molecule has 3 nitrogen and oxygen atoms in total. The highest BCUT2D eigenvalue weighted by atomic mass is 35.5. The average molecular weight is 262 g/mol. The summed E-state index contributed by atoms with van der Waals surface area (Å²) in [5.41, 5.74) is 5.74. The quantitative estimate of drug-likeness (QED) is 0.893. The Balaban J connectivity index is 2.95. The van der Waals surface area contributed by atoms with E-state index in [9.17, 15) is 4.79 Å². The smallest absolute Gasteiger partial charge is 0.405 e. The SMILES string of the molecule is CCC[C@@H](OC(N)=O)c1ccc(Cl)cc1Cl. The number of carbonyl (C=O) groups is 1. The summed E-state index contributed by atoms with van der Waals surface area (Å²) < 4.78 is 5.01. The first-order valence-corrected chi connectivity index (χ1v) is 5.71. The van der Waals surface area contributed by atoms with E-state index in [1.165, 1.54) is 0 Å². The van der Waals surface area contributed by atoms with Crippen LogP contribution >= 0.6 is 23.2 Å². The van der Waals surface area contributed by atoms with Gasteiger partial charge in [-0.15, -0.1) is 0 Å². The minimum Gasteiger partial charge on any atom is -0.441 e. The minimum absolute atomic E-state index is 0.410. The number of hydrogen-bond acceptors (Lipinski definition) is 2. The zero-order valence-corrected chi connectivity index (χ0v) is 10.4. The molecule has 2 N–H and O–H groups in total. The number of hydrogen-bond donors (Lipinski definition) is 1. The summed E-state index contributed by atoms with van der Waals surface area (Å²) in [6, 6.07) is 5.06. The van der Waals surface area contributed by atoms with E-state index in [0.717, 1.165) is 12.0 Å². The van der Waals surface area contributed by atoms with Gasteiger partial charge in [0.1, 0.15) is 6.10 Å². The van der Waals surface area contributed by atoms with E-state index in [1.54, 1.807) is 18.2 Å². The van der Waals surface area contributed by atoms with Crippen molar-refractivity contribution in [1.29, 1.82) is 0 Å². The van der Waals surface area contributed by atoms with Crippen LogP contribution in [0.25, 0.3) is 0 Å². The monoisotopic (exact) mass is 261 g/mol. The molecule has 88 valence electrons. The fourth-order valence-corrected chi connectivity index (χ4v) is 1.97. The van der Waals surface area contributed by atoms with Crippen LogP contribution in [0.1, 0.15) is 31.4 Å². The summed E-state index contributed by atoms with van der Waals surface area (Å²) in [6.07, 6.45) is 0.318. The molecule has 0 aliphatic rings. The first-order valence-electron chi connectivity index (χ1n) is 4.95. The number of nitrogens with two attached hydrogens (primary N) is 1. The molecule has 1 atom stereocenters. The van der Waals surface area contributed by atoms with Crippen molar-refractivity contribution >= 4 is 29.3 Å². The van der Waals surface area contributed by atoms with Crippen LogP contribution in [0.4, 0.5) is 4.79 Å². The lowest BCUT2D eigenvalue weighted by atomic mass is 10.1. The number of halogens is 2. The third kappa shape index (κ3) is 3.58. The molecule has 1 aromatic rings. The van der Waals surface area contributed by atoms with E-state index >= 15 is 0 Å². The molecule has 0 aliphatic heterocycles. The van der Waals surface area contributed by atoms with Gasteiger partial charge >= 0.3 is 6.09 Å². The van der Waals surface area contributed by atoms with E-state index in [-0.39, 0.29) is 0 Å². The molecular formula is C11H13Cl2NO2. The molecule has 0 radical (unpaired) electrons. The molecule has 1 amide bonds. The van der Waals surface area contributed by atoms with Gasteiger partial charge < -0.3 is 10.5 Å². The van der Waals surface area contributed by atoms with E-state index in [0.29, 0.717) is 16.5 Å². The molecular weight excluding hydrogens is 249 g/mol. The van der Waals surface area contributed by atoms with E-state index in [2.05, 4.69) is 0 Å². The molecule has 0 saturated heterocycles. The summed E-state index contributed by atoms with van der Waals surface area (Å²) in [7, 11) is 0. The summed E-state index contributed by atoms with van der Waals surface area (Å²) >= 11 is 11.8. The molecule has 1 aromatic carbocycles. The molecule has 0 fully saturated rings. The van der Waals surface area contributed by atoms with Crippen molar-refractivity contribution in [2.75, 3.05) is 0 Å². The average Bonchev–Trinajstić information content (AvgIpc) is 2.16. The van der Waals surface area contributed by atoms with Crippen LogP contribution in [0.2, 0.25) is 10.0 Å². The molecule has 0 bridgehead atoms. The first-order chi connectivity index (χ1) is 7.54. The number of amides is 1. The topological polar surface area (TPSA) is 52.3 Å². The Bertz CT molecular complexity index is 382. The number of ether oxygens (including phenoxy) is 1. The zero-order valence-electron chi connectivity index (χ0n) is 8.87. The second-order valence-electron chi connectivity index (χ2n) is 3.38. The van der Waals surface area contributed by atoms with Crippen molar-refractivity contribution in [2.24, 2.45) is 5.73 Å². The van der Waals surface area contributed by atoms with Gasteiger partial charge in [-0.2, -0.15) is 0 Å². The molecule has 0 saturated carbocycles. The highest BCUT2D eigenvalue weighted by molar-refractivity contribution is 6.35. The van der Waals surface area contributed by atoms with Gasteiger partial charge in [-0.1, -0.05) is 42.6 Å². The fourth-order valence-electron chi connectivity index (χ4n) is 1.44. The van der Waals surface area contributed by atoms with Crippen LogP contribution in [0, 0.1) is 0 Å². The van der Waals surface area contributed by atoms with Crippen LogP contribution in [0.15, 0.2) is 18.2 Å². The van der Waals surface area contributed by atoms with Gasteiger partial charge in [0, 0.05) is 15.6 Å².